The maximum Gasteiger partial charge on any atom is 0.341 e. The number of piperazine rings is 1. The number of hydrogen-bond acceptors (Lipinski definition) is 5. The highest BCUT2D eigenvalue weighted by atomic mass is 16.5. The minimum Gasteiger partial charge on any atom is -0.482 e. The molecule has 0 aliphatic carbocycles. The maximum atomic E-state index is 13.4. The molecule has 1 aliphatic heterocycles. The Hall–Kier alpha value is -3.39. The van der Waals surface area contributed by atoms with Crippen LogP contribution in [0.25, 0.3) is 11.0 Å². The Morgan fingerprint density at radius 3 is 2.79 bits per heavy atom. The number of H-pyrrole nitrogens is 1. The van der Waals surface area contributed by atoms with E-state index in [1.165, 1.54) is 0 Å². The molecule has 2 N–H and O–H groups in total. The number of amides is 1. The summed E-state index contributed by atoms with van der Waals surface area (Å²) in [4.78, 5) is 36.1. The summed E-state index contributed by atoms with van der Waals surface area (Å²) in [7, 11) is 0. The topological polar surface area (TPSA) is 98.8 Å². The van der Waals surface area contributed by atoms with Crippen LogP contribution in [0.2, 0.25) is 0 Å². The van der Waals surface area contributed by atoms with Gasteiger partial charge in [0.15, 0.2) is 6.61 Å². The molecule has 2 aromatic carbocycles. The number of hydrogen-bond donors (Lipinski definition) is 2. The first-order chi connectivity index (χ1) is 15.8. The molecule has 1 saturated heterocycles. The second-order valence-electron chi connectivity index (χ2n) is 8.93. The lowest BCUT2D eigenvalue weighted by atomic mass is 9.98. The van der Waals surface area contributed by atoms with Gasteiger partial charge in [0.1, 0.15) is 11.6 Å². The number of carboxylic acids is 1. The second-order valence-corrected chi connectivity index (χ2v) is 8.93. The lowest BCUT2D eigenvalue weighted by Crippen LogP contribution is -2.56. The van der Waals surface area contributed by atoms with Crippen molar-refractivity contribution >= 4 is 22.9 Å². The molecule has 0 radical (unpaired) electrons. The van der Waals surface area contributed by atoms with Crippen molar-refractivity contribution in [3.05, 3.63) is 59.4 Å². The van der Waals surface area contributed by atoms with Crippen LogP contribution in [-0.2, 0) is 11.3 Å². The molecule has 174 valence electrons. The normalized spacial score (nSPS) is 17.0. The third-order valence-electron chi connectivity index (χ3n) is 6.05. The number of rotatable bonds is 7. The molecule has 8 heteroatoms. The van der Waals surface area contributed by atoms with Gasteiger partial charge in [0.05, 0.1) is 11.0 Å². The van der Waals surface area contributed by atoms with Crippen molar-refractivity contribution in [2.45, 2.75) is 33.4 Å². The van der Waals surface area contributed by atoms with Crippen LogP contribution in [0.4, 0.5) is 0 Å². The molecule has 1 aromatic heterocycles. The van der Waals surface area contributed by atoms with Crippen LogP contribution < -0.4 is 4.74 Å². The second kappa shape index (κ2) is 9.62. The van der Waals surface area contributed by atoms with E-state index in [4.69, 9.17) is 9.84 Å². The molecule has 1 atom stereocenters. The van der Waals surface area contributed by atoms with Crippen molar-refractivity contribution in [1.29, 1.82) is 0 Å². The summed E-state index contributed by atoms with van der Waals surface area (Å²) in [5.41, 5.74) is 3.47. The fraction of sp³-hybridized carbons (Fsp3) is 0.400. The van der Waals surface area contributed by atoms with Crippen molar-refractivity contribution in [2.75, 3.05) is 26.2 Å². The number of nitrogens with one attached hydrogen (secondary N) is 1. The molecule has 1 amide bonds. The van der Waals surface area contributed by atoms with Crippen LogP contribution in [0.1, 0.15) is 35.6 Å². The number of carbonyl (C=O) groups is 2. The zero-order valence-electron chi connectivity index (χ0n) is 19.2. The van der Waals surface area contributed by atoms with Crippen molar-refractivity contribution in [3.63, 3.8) is 0 Å². The predicted molar refractivity (Wildman–Crippen MR) is 125 cm³/mol. The number of imidazole rings is 1. The summed E-state index contributed by atoms with van der Waals surface area (Å²) in [5, 5.41) is 8.82. The number of nitrogens with zero attached hydrogens (tertiary/aromatic N) is 3. The van der Waals surface area contributed by atoms with Gasteiger partial charge in [-0.3, -0.25) is 9.69 Å². The first-order valence-electron chi connectivity index (χ1n) is 11.2. The zero-order valence-corrected chi connectivity index (χ0v) is 19.2. The monoisotopic (exact) mass is 450 g/mol. The number of benzene rings is 2. The van der Waals surface area contributed by atoms with Crippen LogP contribution in [0.3, 0.4) is 0 Å². The highest BCUT2D eigenvalue weighted by Gasteiger charge is 2.33. The Balaban J connectivity index is 1.45. The molecule has 8 nitrogen and oxygen atoms in total. The van der Waals surface area contributed by atoms with Crippen LogP contribution in [0.15, 0.2) is 42.5 Å². The van der Waals surface area contributed by atoms with Gasteiger partial charge in [-0.25, -0.2) is 9.78 Å². The number of fused-ring (bicyclic) bond motifs is 1. The molecule has 0 saturated carbocycles. The molecule has 1 fully saturated rings. The highest BCUT2D eigenvalue weighted by molar-refractivity contribution is 5.97. The van der Waals surface area contributed by atoms with Crippen molar-refractivity contribution in [3.8, 4) is 5.75 Å². The third kappa shape index (κ3) is 5.34. The molecule has 2 heterocycles. The Morgan fingerprint density at radius 1 is 1.21 bits per heavy atom. The Kier molecular flexibility index (Phi) is 6.65. The molecule has 0 unspecified atom stereocenters. The van der Waals surface area contributed by atoms with E-state index >= 15 is 0 Å². The third-order valence-corrected chi connectivity index (χ3v) is 6.05. The number of ether oxygens (including phenoxy) is 1. The molecule has 33 heavy (non-hydrogen) atoms. The van der Waals surface area contributed by atoms with Crippen LogP contribution >= 0.6 is 0 Å². The van der Waals surface area contributed by atoms with Crippen LogP contribution in [0.5, 0.6) is 5.75 Å². The Morgan fingerprint density at radius 2 is 2.03 bits per heavy atom. The molecule has 3 aromatic rings. The average Bonchev–Trinajstić information content (AvgIpc) is 3.16. The minimum atomic E-state index is -0.997. The minimum absolute atomic E-state index is 0.0478. The van der Waals surface area contributed by atoms with Gasteiger partial charge in [0.2, 0.25) is 0 Å². The number of carboxylic acid groups (broad SMARTS) is 1. The number of aromatic nitrogens is 2. The van der Waals surface area contributed by atoms with Crippen molar-refractivity contribution in [2.24, 2.45) is 5.92 Å². The zero-order chi connectivity index (χ0) is 23.5. The van der Waals surface area contributed by atoms with E-state index in [9.17, 15) is 9.59 Å². The number of carbonyl (C=O) groups excluding carboxylic acids is 1. The molecule has 0 spiro atoms. The number of aromatic amines is 1. The van der Waals surface area contributed by atoms with Gasteiger partial charge in [-0.1, -0.05) is 26.0 Å². The van der Waals surface area contributed by atoms with Gasteiger partial charge in [-0.05, 0) is 48.7 Å². The Labute approximate surface area is 193 Å². The summed E-state index contributed by atoms with van der Waals surface area (Å²) in [6, 6.07) is 13.3. The van der Waals surface area contributed by atoms with Crippen LogP contribution in [0, 0.1) is 12.8 Å². The van der Waals surface area contributed by atoms with E-state index in [2.05, 4.69) is 28.7 Å². The Bertz CT molecular complexity index is 1160. The molecule has 1 aliphatic rings. The van der Waals surface area contributed by atoms with Gasteiger partial charge in [-0.2, -0.15) is 0 Å². The summed E-state index contributed by atoms with van der Waals surface area (Å²) in [5.74, 6) is 0.740. The molecular weight excluding hydrogens is 420 g/mol. The van der Waals surface area contributed by atoms with E-state index < -0.39 is 5.97 Å². The summed E-state index contributed by atoms with van der Waals surface area (Å²) in [6.45, 7) is 8.75. The van der Waals surface area contributed by atoms with Gasteiger partial charge in [0.25, 0.3) is 5.91 Å². The highest BCUT2D eigenvalue weighted by Crippen LogP contribution is 2.24. The first-order valence-corrected chi connectivity index (χ1v) is 11.2. The smallest absolute Gasteiger partial charge is 0.341 e. The number of aryl methyl sites for hydroxylation is 1. The van der Waals surface area contributed by atoms with Gasteiger partial charge < -0.3 is 19.7 Å². The van der Waals surface area contributed by atoms with Crippen LogP contribution in [-0.4, -0.2) is 69.0 Å². The lowest BCUT2D eigenvalue weighted by molar-refractivity contribution is -0.139. The fourth-order valence-electron chi connectivity index (χ4n) is 4.41. The van der Waals surface area contributed by atoms with Crippen molar-refractivity contribution < 1.29 is 19.4 Å². The lowest BCUT2D eigenvalue weighted by Gasteiger charge is -2.43. The summed E-state index contributed by atoms with van der Waals surface area (Å²) < 4.78 is 5.31. The average molecular weight is 451 g/mol. The number of aliphatic carboxylic acids is 1. The van der Waals surface area contributed by atoms with Gasteiger partial charge in [0, 0.05) is 37.8 Å². The fourth-order valence-corrected chi connectivity index (χ4v) is 4.41. The SMILES string of the molecule is Cc1nc2ccc(C(=O)N3CCN(Cc4cccc(OCC(=O)O)c4)C[C@@H]3C(C)C)cc2[nH]1. The largest absolute Gasteiger partial charge is 0.482 e. The summed E-state index contributed by atoms with van der Waals surface area (Å²) >= 11 is 0. The standard InChI is InChI=1S/C25H30N4O4/c1-16(2)23-14-28(13-18-5-4-6-20(11-18)33-15-24(30)31)9-10-29(23)25(32)19-7-8-21-22(12-19)27-17(3)26-21/h4-8,11-12,16,23H,9-10,13-15H2,1-3H3,(H,26,27)(H,30,31)/t23-/m1/s1. The van der Waals surface area contributed by atoms with E-state index in [-0.39, 0.29) is 18.6 Å². The van der Waals surface area contributed by atoms with E-state index in [0.717, 1.165) is 42.1 Å². The molecular formula is C25H30N4O4. The van der Waals surface area contributed by atoms with Gasteiger partial charge in [-0.15, -0.1) is 0 Å². The van der Waals surface area contributed by atoms with E-state index in [1.54, 1.807) is 6.07 Å². The quantitative estimate of drug-likeness (QED) is 0.573. The molecule has 4 rings (SSSR count). The van der Waals surface area contributed by atoms with E-state index in [1.807, 2.05) is 48.2 Å². The predicted octanol–water partition coefficient (Wildman–Crippen LogP) is 3.32. The van der Waals surface area contributed by atoms with Gasteiger partial charge >= 0.3 is 5.97 Å². The molecule has 0 bridgehead atoms. The first kappa shape index (κ1) is 22.8. The van der Waals surface area contributed by atoms with Crippen molar-refractivity contribution in [1.82, 2.24) is 19.8 Å². The maximum absolute atomic E-state index is 13.4. The van der Waals surface area contributed by atoms with E-state index in [0.29, 0.717) is 23.8 Å². The summed E-state index contributed by atoms with van der Waals surface area (Å²) in [6.07, 6.45) is 0.